The minimum atomic E-state index is -1.28. The molecule has 0 saturated heterocycles. The number of hydrogen-bond acceptors (Lipinski definition) is 5. The van der Waals surface area contributed by atoms with Crippen LogP contribution in [-0.2, 0) is 7.05 Å². The number of esters is 1. The van der Waals surface area contributed by atoms with Gasteiger partial charge in [-0.1, -0.05) is 12.1 Å². The second-order valence-corrected chi connectivity index (χ2v) is 3.69. The van der Waals surface area contributed by atoms with Crippen LogP contribution in [0.2, 0.25) is 0 Å². The summed E-state index contributed by atoms with van der Waals surface area (Å²) < 4.78 is 6.05. The highest BCUT2D eigenvalue weighted by molar-refractivity contribution is 6.01. The number of carbonyl (C=O) groups is 2. The molecule has 0 radical (unpaired) electrons. The number of benzene rings is 1. The molecule has 0 fully saturated rings. The van der Waals surface area contributed by atoms with Gasteiger partial charge in [-0.3, -0.25) is 4.68 Å². The van der Waals surface area contributed by atoms with Gasteiger partial charge in [0.1, 0.15) is 5.56 Å². The number of aromatic hydroxyl groups is 1. The van der Waals surface area contributed by atoms with Crippen molar-refractivity contribution in [3.05, 3.63) is 41.7 Å². The normalized spacial score (nSPS) is 10.2. The number of carboxylic acids is 1. The summed E-state index contributed by atoms with van der Waals surface area (Å²) in [5.74, 6) is -2.45. The van der Waals surface area contributed by atoms with Gasteiger partial charge in [-0.15, -0.1) is 0 Å². The van der Waals surface area contributed by atoms with Crippen LogP contribution >= 0.6 is 0 Å². The van der Waals surface area contributed by atoms with E-state index in [2.05, 4.69) is 5.10 Å². The first-order valence-electron chi connectivity index (χ1n) is 5.26. The van der Waals surface area contributed by atoms with Gasteiger partial charge >= 0.3 is 11.9 Å². The fourth-order valence-electron chi connectivity index (χ4n) is 1.53. The van der Waals surface area contributed by atoms with Crippen LogP contribution in [0.4, 0.5) is 0 Å². The molecular weight excluding hydrogens is 252 g/mol. The quantitative estimate of drug-likeness (QED) is 0.633. The van der Waals surface area contributed by atoms with Crippen molar-refractivity contribution in [2.75, 3.05) is 0 Å². The van der Waals surface area contributed by atoms with Crippen LogP contribution in [-0.4, -0.2) is 31.9 Å². The molecule has 0 aliphatic heterocycles. The van der Waals surface area contributed by atoms with Crippen molar-refractivity contribution >= 4 is 11.9 Å². The van der Waals surface area contributed by atoms with Gasteiger partial charge in [-0.05, 0) is 12.1 Å². The van der Waals surface area contributed by atoms with E-state index in [0.29, 0.717) is 0 Å². The van der Waals surface area contributed by atoms with E-state index >= 15 is 0 Å². The molecule has 0 amide bonds. The van der Waals surface area contributed by atoms with E-state index in [1.807, 2.05) is 0 Å². The predicted octanol–water partition coefficient (Wildman–Crippen LogP) is 1.04. The van der Waals surface area contributed by atoms with Crippen molar-refractivity contribution in [1.29, 1.82) is 0 Å². The van der Waals surface area contributed by atoms with E-state index in [-0.39, 0.29) is 22.8 Å². The fraction of sp³-hybridized carbons (Fsp3) is 0.0833. The van der Waals surface area contributed by atoms with E-state index in [9.17, 15) is 14.7 Å². The monoisotopic (exact) mass is 262 g/mol. The lowest BCUT2D eigenvalue weighted by Gasteiger charge is -2.06. The summed E-state index contributed by atoms with van der Waals surface area (Å²) >= 11 is 0. The molecule has 1 aromatic carbocycles. The SMILES string of the molecule is Cn1ncc(C(=O)O)c1C(=O)Oc1ccccc1O. The molecule has 2 rings (SSSR count). The number of phenolic OH excluding ortho intramolecular Hbond substituents is 1. The minimum Gasteiger partial charge on any atom is -0.504 e. The van der Waals surface area contributed by atoms with Crippen LogP contribution in [0.25, 0.3) is 0 Å². The Hall–Kier alpha value is -2.83. The summed E-state index contributed by atoms with van der Waals surface area (Å²) in [5, 5.41) is 22.1. The summed E-state index contributed by atoms with van der Waals surface area (Å²) in [6, 6.07) is 5.89. The molecule has 2 aromatic rings. The van der Waals surface area contributed by atoms with Crippen molar-refractivity contribution < 1.29 is 24.5 Å². The van der Waals surface area contributed by atoms with Gasteiger partial charge in [0.2, 0.25) is 0 Å². The number of para-hydroxylation sites is 2. The Labute approximate surface area is 107 Å². The van der Waals surface area contributed by atoms with Gasteiger partial charge in [0, 0.05) is 7.05 Å². The van der Waals surface area contributed by atoms with Crippen molar-refractivity contribution in [3.63, 3.8) is 0 Å². The molecule has 0 spiro atoms. The van der Waals surface area contributed by atoms with E-state index in [0.717, 1.165) is 10.9 Å². The standard InChI is InChI=1S/C12H10N2O5/c1-14-10(7(6-13-14)11(16)17)12(18)19-9-5-3-2-4-8(9)15/h2-6,15H,1H3,(H,16,17). The van der Waals surface area contributed by atoms with Gasteiger partial charge in [0.15, 0.2) is 17.2 Å². The van der Waals surface area contributed by atoms with E-state index in [1.54, 1.807) is 12.1 Å². The third kappa shape index (κ3) is 2.39. The number of aromatic nitrogens is 2. The molecule has 0 saturated carbocycles. The molecule has 2 N–H and O–H groups in total. The van der Waals surface area contributed by atoms with Crippen molar-refractivity contribution in [1.82, 2.24) is 9.78 Å². The molecule has 0 atom stereocenters. The van der Waals surface area contributed by atoms with Crippen LogP contribution in [0, 0.1) is 0 Å². The topological polar surface area (TPSA) is 102 Å². The zero-order valence-electron chi connectivity index (χ0n) is 9.90. The summed E-state index contributed by atoms with van der Waals surface area (Å²) in [6.07, 6.45) is 1.06. The van der Waals surface area contributed by atoms with Crippen LogP contribution < -0.4 is 4.74 Å². The Morgan fingerprint density at radius 1 is 1.32 bits per heavy atom. The predicted molar refractivity (Wildman–Crippen MR) is 63.2 cm³/mol. The molecule has 0 aliphatic carbocycles. The highest BCUT2D eigenvalue weighted by Gasteiger charge is 2.24. The lowest BCUT2D eigenvalue weighted by atomic mass is 10.2. The Kier molecular flexibility index (Phi) is 3.19. The second kappa shape index (κ2) is 4.81. The smallest absolute Gasteiger partial charge is 0.363 e. The molecule has 1 heterocycles. The first-order chi connectivity index (χ1) is 9.00. The summed E-state index contributed by atoms with van der Waals surface area (Å²) in [7, 11) is 1.42. The Morgan fingerprint density at radius 2 is 2.00 bits per heavy atom. The first-order valence-corrected chi connectivity index (χ1v) is 5.26. The zero-order chi connectivity index (χ0) is 14.0. The highest BCUT2D eigenvalue weighted by atomic mass is 16.5. The summed E-state index contributed by atoms with van der Waals surface area (Å²) in [6.45, 7) is 0. The maximum Gasteiger partial charge on any atom is 0.363 e. The molecule has 0 unspecified atom stereocenters. The molecule has 19 heavy (non-hydrogen) atoms. The maximum absolute atomic E-state index is 11.9. The number of phenols is 1. The number of carboxylic acid groups (broad SMARTS) is 1. The number of carbonyl (C=O) groups excluding carboxylic acids is 1. The van der Waals surface area contributed by atoms with Crippen molar-refractivity contribution in [3.8, 4) is 11.5 Å². The Bertz CT molecular complexity index is 647. The van der Waals surface area contributed by atoms with Gasteiger partial charge in [-0.2, -0.15) is 5.10 Å². The molecule has 0 aliphatic rings. The average molecular weight is 262 g/mol. The molecular formula is C12H10N2O5. The van der Waals surface area contributed by atoms with E-state index in [1.165, 1.54) is 19.2 Å². The van der Waals surface area contributed by atoms with Crippen LogP contribution in [0.3, 0.4) is 0 Å². The summed E-state index contributed by atoms with van der Waals surface area (Å²) in [5.41, 5.74) is -0.460. The minimum absolute atomic E-state index is 0.0509. The van der Waals surface area contributed by atoms with Gasteiger partial charge < -0.3 is 14.9 Å². The first kappa shape index (κ1) is 12.6. The zero-order valence-corrected chi connectivity index (χ0v) is 9.90. The van der Waals surface area contributed by atoms with Gasteiger partial charge in [0.25, 0.3) is 0 Å². The number of hydrogen-bond donors (Lipinski definition) is 2. The number of ether oxygens (including phenoxy) is 1. The van der Waals surface area contributed by atoms with Gasteiger partial charge in [-0.25, -0.2) is 9.59 Å². The van der Waals surface area contributed by atoms with E-state index < -0.39 is 11.9 Å². The second-order valence-electron chi connectivity index (χ2n) is 3.69. The Morgan fingerprint density at radius 3 is 2.63 bits per heavy atom. The lowest BCUT2D eigenvalue weighted by molar-refractivity contribution is 0.0661. The largest absolute Gasteiger partial charge is 0.504 e. The number of aryl methyl sites for hydroxylation is 1. The fourth-order valence-corrected chi connectivity index (χ4v) is 1.53. The third-order valence-corrected chi connectivity index (χ3v) is 2.43. The van der Waals surface area contributed by atoms with Crippen LogP contribution in [0.1, 0.15) is 20.8 Å². The lowest BCUT2D eigenvalue weighted by Crippen LogP contribution is -2.17. The maximum atomic E-state index is 11.9. The number of rotatable bonds is 3. The molecule has 7 nitrogen and oxygen atoms in total. The van der Waals surface area contributed by atoms with Crippen molar-refractivity contribution in [2.24, 2.45) is 7.05 Å². The number of aromatic carboxylic acids is 1. The Balaban J connectivity index is 2.33. The van der Waals surface area contributed by atoms with E-state index in [4.69, 9.17) is 9.84 Å². The highest BCUT2D eigenvalue weighted by Crippen LogP contribution is 2.25. The van der Waals surface area contributed by atoms with Gasteiger partial charge in [0.05, 0.1) is 6.20 Å². The summed E-state index contributed by atoms with van der Waals surface area (Å²) in [4.78, 5) is 22.9. The van der Waals surface area contributed by atoms with Crippen molar-refractivity contribution in [2.45, 2.75) is 0 Å². The van der Waals surface area contributed by atoms with Crippen LogP contribution in [0.5, 0.6) is 11.5 Å². The molecule has 0 bridgehead atoms. The average Bonchev–Trinajstić information content (AvgIpc) is 2.74. The van der Waals surface area contributed by atoms with Crippen LogP contribution in [0.15, 0.2) is 30.5 Å². The molecule has 98 valence electrons. The molecule has 7 heteroatoms. The molecule has 1 aromatic heterocycles. The number of nitrogens with zero attached hydrogens (tertiary/aromatic N) is 2. The third-order valence-electron chi connectivity index (χ3n) is 2.43.